The average molecular weight is 344 g/mol. The Kier molecular flexibility index (Phi) is 3.57. The van der Waals surface area contributed by atoms with E-state index in [4.69, 9.17) is 16.7 Å². The van der Waals surface area contributed by atoms with Gasteiger partial charge < -0.3 is 10.1 Å². The maximum Gasteiger partial charge on any atom is 0.411 e. The highest BCUT2D eigenvalue weighted by Gasteiger charge is 2.25. The molecule has 0 aliphatic carbocycles. The van der Waals surface area contributed by atoms with Crippen molar-refractivity contribution in [2.45, 2.75) is 0 Å². The number of benzene rings is 1. The minimum atomic E-state index is -1.31. The molecular weight excluding hydrogens is 336 g/mol. The lowest BCUT2D eigenvalue weighted by atomic mass is 10.1. The highest BCUT2D eigenvalue weighted by Crippen LogP contribution is 2.45. The Morgan fingerprint density at radius 1 is 1.39 bits per heavy atom. The molecule has 2 N–H and O–H groups in total. The molecule has 23 heavy (non-hydrogen) atoms. The second-order valence-electron chi connectivity index (χ2n) is 4.64. The Bertz CT molecular complexity index is 931. The van der Waals surface area contributed by atoms with Crippen molar-refractivity contribution in [2.75, 3.05) is 11.9 Å². The molecule has 1 aromatic carbocycles. The van der Waals surface area contributed by atoms with Gasteiger partial charge in [0.1, 0.15) is 5.65 Å². The van der Waals surface area contributed by atoms with Gasteiger partial charge in [-0.2, -0.15) is 0 Å². The number of anilines is 1. The number of nitrogens with one attached hydrogen (secondary N) is 1. The normalized spacial score (nSPS) is 11.0. The van der Waals surface area contributed by atoms with Gasteiger partial charge in [0, 0.05) is 33.7 Å². The molecule has 120 valence electrons. The number of carboxylic acid groups (broad SMARTS) is 1. The number of aromatic nitrogens is 2. The van der Waals surface area contributed by atoms with Gasteiger partial charge >= 0.3 is 6.09 Å². The summed E-state index contributed by atoms with van der Waals surface area (Å²) in [6.07, 6.45) is 0.0391. The fourth-order valence-corrected chi connectivity index (χ4v) is 2.52. The van der Waals surface area contributed by atoms with Crippen LogP contribution in [0.25, 0.3) is 21.9 Å². The molecule has 0 spiro atoms. The molecule has 0 fully saturated rings. The maximum absolute atomic E-state index is 13.0. The number of carbonyl (C=O) groups is 1. The first-order valence-electron chi connectivity index (χ1n) is 6.15. The van der Waals surface area contributed by atoms with Gasteiger partial charge in [0.25, 0.3) is 0 Å². The van der Waals surface area contributed by atoms with Gasteiger partial charge in [-0.1, -0.05) is 11.6 Å². The fraction of sp³-hybridized carbons (Fsp3) is 0.0769. The predicted octanol–water partition coefficient (Wildman–Crippen LogP) is 4.01. The van der Waals surface area contributed by atoms with Crippen molar-refractivity contribution in [1.82, 2.24) is 9.97 Å². The van der Waals surface area contributed by atoms with Crippen LogP contribution >= 0.6 is 11.6 Å². The third-order valence-electron chi connectivity index (χ3n) is 3.40. The number of H-pyrrole nitrogens is 1. The standard InChI is InChI=1S/C13H8ClF2N3O4/c1-19(13(20)21)7-3-8(22-15)11(23-16)9-6-2-5(14)4-17-12(6)18-10(7)9/h2-4H,1H3,(H,17,18)(H,20,21). The molecule has 0 aliphatic rings. The van der Waals surface area contributed by atoms with Gasteiger partial charge in [-0.3, -0.25) is 14.8 Å². The molecule has 0 radical (unpaired) electrons. The molecule has 3 rings (SSSR count). The van der Waals surface area contributed by atoms with Crippen LogP contribution in [-0.4, -0.2) is 28.2 Å². The minimum absolute atomic E-state index is 0.0232. The van der Waals surface area contributed by atoms with E-state index in [1.165, 1.54) is 19.3 Å². The number of hydrogen-bond acceptors (Lipinski definition) is 4. The van der Waals surface area contributed by atoms with Crippen LogP contribution in [0.15, 0.2) is 18.3 Å². The molecule has 1 amide bonds. The van der Waals surface area contributed by atoms with Crippen LogP contribution in [0.2, 0.25) is 5.02 Å². The predicted molar refractivity (Wildman–Crippen MR) is 78.5 cm³/mol. The Hall–Kier alpha value is -2.81. The quantitative estimate of drug-likeness (QED) is 0.750. The van der Waals surface area contributed by atoms with E-state index in [0.29, 0.717) is 11.0 Å². The molecule has 2 heterocycles. The summed E-state index contributed by atoms with van der Waals surface area (Å²) in [5.41, 5.74) is 0.488. The summed E-state index contributed by atoms with van der Waals surface area (Å²) in [5, 5.41) is 9.76. The van der Waals surface area contributed by atoms with Crippen LogP contribution in [-0.2, 0) is 0 Å². The zero-order chi connectivity index (χ0) is 16.7. The molecule has 0 unspecified atom stereocenters. The van der Waals surface area contributed by atoms with E-state index in [1.54, 1.807) is 0 Å². The van der Waals surface area contributed by atoms with Gasteiger partial charge in [-0.25, -0.2) is 9.78 Å². The number of nitrogens with zero attached hydrogens (tertiary/aromatic N) is 2. The zero-order valence-corrected chi connectivity index (χ0v) is 12.2. The summed E-state index contributed by atoms with van der Waals surface area (Å²) >= 11 is 5.88. The van der Waals surface area contributed by atoms with Crippen molar-refractivity contribution in [1.29, 1.82) is 0 Å². The van der Waals surface area contributed by atoms with Gasteiger partial charge in [0.15, 0.2) is 0 Å². The van der Waals surface area contributed by atoms with Crippen molar-refractivity contribution in [3.63, 3.8) is 0 Å². The summed E-state index contributed by atoms with van der Waals surface area (Å²) in [5.74, 6) is -1.18. The fourth-order valence-electron chi connectivity index (χ4n) is 2.36. The molecule has 0 saturated carbocycles. The summed E-state index contributed by atoms with van der Waals surface area (Å²) in [6.45, 7) is 0. The van der Waals surface area contributed by atoms with Crippen LogP contribution in [0.5, 0.6) is 11.5 Å². The van der Waals surface area contributed by atoms with Crippen LogP contribution in [0.3, 0.4) is 0 Å². The summed E-state index contributed by atoms with van der Waals surface area (Å²) in [4.78, 5) is 26.2. The smallest absolute Gasteiger partial charge is 0.411 e. The van der Waals surface area contributed by atoms with Gasteiger partial charge in [-0.15, -0.1) is 0 Å². The first-order chi connectivity index (χ1) is 11.0. The average Bonchev–Trinajstić information content (AvgIpc) is 2.91. The molecule has 0 aliphatic heterocycles. The van der Waals surface area contributed by atoms with E-state index in [0.717, 1.165) is 11.0 Å². The molecule has 0 saturated heterocycles. The van der Waals surface area contributed by atoms with E-state index >= 15 is 0 Å². The number of amides is 1. The monoisotopic (exact) mass is 343 g/mol. The van der Waals surface area contributed by atoms with Crippen molar-refractivity contribution in [2.24, 2.45) is 0 Å². The highest BCUT2D eigenvalue weighted by atomic mass is 35.5. The topological polar surface area (TPSA) is 87.7 Å². The highest BCUT2D eigenvalue weighted by molar-refractivity contribution is 6.31. The lowest BCUT2D eigenvalue weighted by Gasteiger charge is -2.15. The lowest BCUT2D eigenvalue weighted by molar-refractivity contribution is -0.0372. The van der Waals surface area contributed by atoms with E-state index in [-0.39, 0.29) is 21.6 Å². The second kappa shape index (κ2) is 5.43. The second-order valence-corrected chi connectivity index (χ2v) is 5.08. The van der Waals surface area contributed by atoms with Gasteiger partial charge in [0.05, 0.1) is 21.6 Å². The Labute approximate surface area is 131 Å². The number of aromatic amines is 1. The lowest BCUT2D eigenvalue weighted by Crippen LogP contribution is -2.24. The minimum Gasteiger partial charge on any atom is -0.465 e. The summed E-state index contributed by atoms with van der Waals surface area (Å²) in [6, 6.07) is 2.44. The first kappa shape index (κ1) is 15.1. The molecule has 0 atom stereocenters. The maximum atomic E-state index is 13.0. The Morgan fingerprint density at radius 3 is 2.74 bits per heavy atom. The molecular formula is C13H8ClF2N3O4. The van der Waals surface area contributed by atoms with Crippen molar-refractivity contribution < 1.29 is 28.8 Å². The van der Waals surface area contributed by atoms with Crippen LogP contribution in [0.4, 0.5) is 19.5 Å². The van der Waals surface area contributed by atoms with Crippen LogP contribution < -0.4 is 14.8 Å². The van der Waals surface area contributed by atoms with Crippen LogP contribution in [0, 0.1) is 0 Å². The zero-order valence-electron chi connectivity index (χ0n) is 11.4. The third-order valence-corrected chi connectivity index (χ3v) is 3.61. The first-order valence-corrected chi connectivity index (χ1v) is 6.53. The molecule has 3 aromatic rings. The summed E-state index contributed by atoms with van der Waals surface area (Å²) < 4.78 is 25.7. The number of hydrogen-bond donors (Lipinski definition) is 2. The van der Waals surface area contributed by atoms with E-state index < -0.39 is 17.6 Å². The summed E-state index contributed by atoms with van der Waals surface area (Å²) in [7, 11) is 1.24. The molecule has 7 nitrogen and oxygen atoms in total. The molecule has 10 heteroatoms. The van der Waals surface area contributed by atoms with Crippen molar-refractivity contribution in [3.05, 3.63) is 23.4 Å². The SMILES string of the molecule is CN(C(=O)O)c1cc(OF)c(OF)c2c1[nH]c1ncc(Cl)cc12. The van der Waals surface area contributed by atoms with Crippen molar-refractivity contribution in [3.8, 4) is 11.5 Å². The van der Waals surface area contributed by atoms with E-state index in [9.17, 15) is 13.8 Å². The van der Waals surface area contributed by atoms with E-state index in [2.05, 4.69) is 19.9 Å². The largest absolute Gasteiger partial charge is 0.465 e. The van der Waals surface area contributed by atoms with Gasteiger partial charge in [0.2, 0.25) is 11.5 Å². The van der Waals surface area contributed by atoms with E-state index in [1.807, 2.05) is 0 Å². The van der Waals surface area contributed by atoms with Gasteiger partial charge in [-0.05, 0) is 6.07 Å². The Morgan fingerprint density at radius 2 is 2.13 bits per heavy atom. The third kappa shape index (κ3) is 2.25. The Balaban J connectivity index is 2.51. The van der Waals surface area contributed by atoms with Crippen molar-refractivity contribution >= 4 is 45.3 Å². The molecule has 2 aromatic heterocycles. The molecule has 0 bridgehead atoms. The number of rotatable bonds is 3. The number of fused-ring (bicyclic) bond motifs is 3. The van der Waals surface area contributed by atoms with Crippen LogP contribution in [0.1, 0.15) is 0 Å². The number of halogens is 3. The number of pyridine rings is 1.